The van der Waals surface area contributed by atoms with Gasteiger partial charge in [-0.2, -0.15) is 0 Å². The number of rotatable bonds is 6. The fraction of sp³-hybridized carbons (Fsp3) is 0.609. The van der Waals surface area contributed by atoms with Gasteiger partial charge in [-0.25, -0.2) is 0 Å². The van der Waals surface area contributed by atoms with Crippen LogP contribution >= 0.6 is 0 Å². The molecule has 2 aliphatic carbocycles. The van der Waals surface area contributed by atoms with Gasteiger partial charge in [-0.15, -0.1) is 0 Å². The first-order valence-electron chi connectivity index (χ1n) is 10.9. The summed E-state index contributed by atoms with van der Waals surface area (Å²) in [4.78, 5) is 17.1. The summed E-state index contributed by atoms with van der Waals surface area (Å²) in [6.45, 7) is 7.25. The van der Waals surface area contributed by atoms with Gasteiger partial charge in [0, 0.05) is 18.5 Å². The number of morpholine rings is 1. The number of carbonyl (C=O) groups is 1. The molecule has 2 aliphatic heterocycles. The molecule has 5 heteroatoms. The number of quaternary nitrogens is 1. The second kappa shape index (κ2) is 7.88. The van der Waals surface area contributed by atoms with Crippen molar-refractivity contribution in [1.29, 1.82) is 0 Å². The summed E-state index contributed by atoms with van der Waals surface area (Å²) in [5, 5.41) is 0. The van der Waals surface area contributed by atoms with Gasteiger partial charge in [0.1, 0.15) is 18.8 Å². The zero-order chi connectivity index (χ0) is 18.9. The van der Waals surface area contributed by atoms with Crippen LogP contribution in [0.4, 0.5) is 0 Å². The van der Waals surface area contributed by atoms with Gasteiger partial charge in [-0.05, 0) is 54.4 Å². The molecule has 1 saturated carbocycles. The molecule has 1 saturated heterocycles. The van der Waals surface area contributed by atoms with Crippen LogP contribution in [0.25, 0.3) is 0 Å². The zero-order valence-corrected chi connectivity index (χ0v) is 16.6. The van der Waals surface area contributed by atoms with E-state index in [2.05, 4.69) is 23.1 Å². The van der Waals surface area contributed by atoms with Crippen LogP contribution in [-0.2, 0) is 11.2 Å². The molecule has 4 aliphatic rings. The quantitative estimate of drug-likeness (QED) is 0.751. The van der Waals surface area contributed by atoms with Gasteiger partial charge in [0.2, 0.25) is 0 Å². The first kappa shape index (κ1) is 18.2. The standard InChI is InChI=1S/C23H30N2O3/c26-23(20-3-4-22-19(15-20)5-10-28-22)25(7-6-24-8-11-27-12-9-24)16-21-14-17-1-2-18(21)13-17/h1-4,15,17-18,21H,5-14,16H2/p+1/t17-,18+,21-/m1/s1. The molecule has 2 bridgehead atoms. The van der Waals surface area contributed by atoms with Crippen LogP contribution in [-0.4, -0.2) is 63.4 Å². The Kier molecular flexibility index (Phi) is 5.12. The number of fused-ring (bicyclic) bond motifs is 3. The zero-order valence-electron chi connectivity index (χ0n) is 16.6. The Morgan fingerprint density at radius 1 is 1.14 bits per heavy atom. The first-order chi connectivity index (χ1) is 13.8. The summed E-state index contributed by atoms with van der Waals surface area (Å²) in [6, 6.07) is 5.98. The van der Waals surface area contributed by atoms with Crippen molar-refractivity contribution in [2.75, 3.05) is 52.5 Å². The van der Waals surface area contributed by atoms with Gasteiger partial charge in [0.05, 0.1) is 32.9 Å². The molecule has 5 nitrogen and oxygen atoms in total. The van der Waals surface area contributed by atoms with Crippen molar-refractivity contribution in [1.82, 2.24) is 4.90 Å². The van der Waals surface area contributed by atoms with E-state index in [9.17, 15) is 4.79 Å². The number of allylic oxidation sites excluding steroid dienone is 2. The lowest BCUT2D eigenvalue weighted by molar-refractivity contribution is -0.907. The summed E-state index contributed by atoms with van der Waals surface area (Å²) in [5.74, 6) is 3.17. The average Bonchev–Trinajstić information content (AvgIpc) is 3.47. The Balaban J connectivity index is 1.30. The minimum Gasteiger partial charge on any atom is -0.493 e. The highest BCUT2D eigenvalue weighted by atomic mass is 16.5. The Morgan fingerprint density at radius 2 is 2.04 bits per heavy atom. The van der Waals surface area contributed by atoms with E-state index in [-0.39, 0.29) is 5.91 Å². The van der Waals surface area contributed by atoms with Crippen LogP contribution in [0.15, 0.2) is 30.4 Å². The van der Waals surface area contributed by atoms with Gasteiger partial charge in [0.25, 0.3) is 5.91 Å². The molecule has 150 valence electrons. The topological polar surface area (TPSA) is 43.2 Å². The first-order valence-corrected chi connectivity index (χ1v) is 10.9. The Labute approximate surface area is 167 Å². The lowest BCUT2D eigenvalue weighted by atomic mass is 9.93. The molecule has 1 amide bonds. The van der Waals surface area contributed by atoms with Crippen LogP contribution < -0.4 is 9.64 Å². The second-order valence-electron chi connectivity index (χ2n) is 8.82. The SMILES string of the molecule is O=C(c1ccc2c(c1)CCO2)N(CC[NH+]1CCOCC1)C[C@H]1C[C@@H]2C=C[C@H]1C2. The number of nitrogens with zero attached hydrogens (tertiary/aromatic N) is 1. The molecule has 0 unspecified atom stereocenters. The smallest absolute Gasteiger partial charge is 0.254 e. The van der Waals surface area contributed by atoms with Crippen molar-refractivity contribution < 1.29 is 19.2 Å². The fourth-order valence-corrected chi connectivity index (χ4v) is 5.37. The molecular weight excluding hydrogens is 352 g/mol. The number of benzene rings is 1. The molecule has 1 aromatic carbocycles. The maximum atomic E-state index is 13.4. The number of nitrogens with one attached hydrogen (secondary N) is 1. The molecule has 0 aromatic heterocycles. The van der Waals surface area contributed by atoms with Crippen molar-refractivity contribution in [3.63, 3.8) is 0 Å². The monoisotopic (exact) mass is 383 g/mol. The highest BCUT2D eigenvalue weighted by Crippen LogP contribution is 2.43. The molecular formula is C23H31N2O3+. The maximum absolute atomic E-state index is 13.4. The van der Waals surface area contributed by atoms with E-state index >= 15 is 0 Å². The van der Waals surface area contributed by atoms with Crippen molar-refractivity contribution in [3.8, 4) is 5.75 Å². The van der Waals surface area contributed by atoms with Crippen LogP contribution in [0.3, 0.4) is 0 Å². The molecule has 1 aromatic rings. The Hall–Kier alpha value is -1.85. The highest BCUT2D eigenvalue weighted by Gasteiger charge is 2.37. The third-order valence-electron chi connectivity index (χ3n) is 7.03. The molecule has 1 N–H and O–H groups in total. The molecule has 0 spiro atoms. The summed E-state index contributed by atoms with van der Waals surface area (Å²) >= 11 is 0. The number of amides is 1. The van der Waals surface area contributed by atoms with Crippen molar-refractivity contribution in [3.05, 3.63) is 41.5 Å². The summed E-state index contributed by atoms with van der Waals surface area (Å²) in [7, 11) is 0. The van der Waals surface area contributed by atoms with Gasteiger partial charge in [-0.1, -0.05) is 12.2 Å². The normalized spacial score (nSPS) is 28.4. The van der Waals surface area contributed by atoms with E-state index in [1.807, 2.05) is 12.1 Å². The third-order valence-corrected chi connectivity index (χ3v) is 7.03. The van der Waals surface area contributed by atoms with E-state index in [0.717, 1.165) is 76.2 Å². The van der Waals surface area contributed by atoms with Crippen LogP contribution in [0.1, 0.15) is 28.8 Å². The number of hydrogen-bond donors (Lipinski definition) is 1. The van der Waals surface area contributed by atoms with Gasteiger partial charge in [-0.3, -0.25) is 4.79 Å². The lowest BCUT2D eigenvalue weighted by Crippen LogP contribution is -3.14. The largest absolute Gasteiger partial charge is 0.493 e. The predicted octanol–water partition coefficient (Wildman–Crippen LogP) is 1.19. The average molecular weight is 384 g/mol. The van der Waals surface area contributed by atoms with Crippen molar-refractivity contribution in [2.24, 2.45) is 17.8 Å². The van der Waals surface area contributed by atoms with Gasteiger partial charge in [0.15, 0.2) is 0 Å². The van der Waals surface area contributed by atoms with E-state index < -0.39 is 0 Å². The fourth-order valence-electron chi connectivity index (χ4n) is 5.37. The van der Waals surface area contributed by atoms with Crippen LogP contribution in [0, 0.1) is 17.8 Å². The Bertz CT molecular complexity index is 756. The summed E-state index contributed by atoms with van der Waals surface area (Å²) in [6.07, 6.45) is 8.21. The summed E-state index contributed by atoms with van der Waals surface area (Å²) in [5.41, 5.74) is 1.99. The van der Waals surface area contributed by atoms with E-state index in [4.69, 9.17) is 9.47 Å². The third kappa shape index (κ3) is 3.70. The highest BCUT2D eigenvalue weighted by molar-refractivity contribution is 5.94. The molecule has 2 heterocycles. The number of ether oxygens (including phenoxy) is 2. The van der Waals surface area contributed by atoms with Crippen LogP contribution in [0.5, 0.6) is 5.75 Å². The van der Waals surface area contributed by atoms with Crippen LogP contribution in [0.2, 0.25) is 0 Å². The van der Waals surface area contributed by atoms with E-state index in [1.165, 1.54) is 18.4 Å². The molecule has 5 rings (SSSR count). The maximum Gasteiger partial charge on any atom is 0.254 e. The summed E-state index contributed by atoms with van der Waals surface area (Å²) < 4.78 is 11.1. The van der Waals surface area contributed by atoms with E-state index in [1.54, 1.807) is 4.90 Å². The minimum atomic E-state index is 0.189. The number of carbonyl (C=O) groups excluding carboxylic acids is 1. The van der Waals surface area contributed by atoms with Gasteiger partial charge < -0.3 is 19.3 Å². The second-order valence-corrected chi connectivity index (χ2v) is 8.82. The molecule has 2 fully saturated rings. The molecule has 0 radical (unpaired) electrons. The molecule has 28 heavy (non-hydrogen) atoms. The lowest BCUT2D eigenvalue weighted by Gasteiger charge is -2.31. The van der Waals surface area contributed by atoms with Gasteiger partial charge >= 0.3 is 0 Å². The Morgan fingerprint density at radius 3 is 2.82 bits per heavy atom. The number of hydrogen-bond acceptors (Lipinski definition) is 3. The van der Waals surface area contributed by atoms with Crippen molar-refractivity contribution >= 4 is 5.91 Å². The van der Waals surface area contributed by atoms with Crippen molar-refractivity contribution in [2.45, 2.75) is 19.3 Å². The van der Waals surface area contributed by atoms with E-state index in [0.29, 0.717) is 11.8 Å². The predicted molar refractivity (Wildman–Crippen MR) is 107 cm³/mol. The minimum absolute atomic E-state index is 0.189. The molecule has 3 atom stereocenters.